The van der Waals surface area contributed by atoms with E-state index >= 15 is 0 Å². The van der Waals surface area contributed by atoms with Crippen molar-refractivity contribution < 1.29 is 9.59 Å². The van der Waals surface area contributed by atoms with Crippen molar-refractivity contribution in [3.63, 3.8) is 0 Å². The highest BCUT2D eigenvalue weighted by Gasteiger charge is 2.18. The van der Waals surface area contributed by atoms with Crippen LogP contribution in [0.25, 0.3) is 0 Å². The number of carbonyl (C=O) groups excluding carboxylic acids is 2. The molecule has 0 bridgehead atoms. The third-order valence-electron chi connectivity index (χ3n) is 3.01. The first-order valence-electron chi connectivity index (χ1n) is 6.33. The number of hydrogen-bond donors (Lipinski definition) is 1. The summed E-state index contributed by atoms with van der Waals surface area (Å²) in [7, 11) is 0. The Hall–Kier alpha value is -2.52. The second-order valence-corrected chi connectivity index (χ2v) is 5.32. The van der Waals surface area contributed by atoms with E-state index < -0.39 is 11.3 Å². The molecule has 1 N–H and O–H groups in total. The van der Waals surface area contributed by atoms with Gasteiger partial charge in [-0.25, -0.2) is 0 Å². The number of H-pyrrole nitrogens is 1. The maximum atomic E-state index is 12.3. The molecule has 106 valence electrons. The van der Waals surface area contributed by atoms with Crippen molar-refractivity contribution in [3.8, 4) is 6.07 Å². The van der Waals surface area contributed by atoms with Crippen LogP contribution in [0, 0.1) is 11.3 Å². The van der Waals surface area contributed by atoms with Crippen LogP contribution in [0.1, 0.15) is 44.6 Å². The molecule has 0 atom stereocenters. The van der Waals surface area contributed by atoms with Crippen molar-refractivity contribution in [1.82, 2.24) is 4.98 Å². The lowest BCUT2D eigenvalue weighted by Crippen LogP contribution is -2.18. The molecule has 2 aromatic rings. The molecule has 0 spiro atoms. The van der Waals surface area contributed by atoms with Crippen LogP contribution < -0.4 is 5.56 Å². The third-order valence-corrected chi connectivity index (χ3v) is 3.93. The summed E-state index contributed by atoms with van der Waals surface area (Å²) in [4.78, 5) is 38.8. The Balaban J connectivity index is 2.33. The summed E-state index contributed by atoms with van der Waals surface area (Å²) in [6.45, 7) is 1.79. The number of rotatable bonds is 5. The fraction of sp³-hybridized carbons (Fsp3) is 0.200. The van der Waals surface area contributed by atoms with Crippen LogP contribution in [0.3, 0.4) is 0 Å². The van der Waals surface area contributed by atoms with Gasteiger partial charge in [-0.05, 0) is 23.9 Å². The zero-order valence-corrected chi connectivity index (χ0v) is 12.1. The van der Waals surface area contributed by atoms with Crippen LogP contribution in [0.4, 0.5) is 0 Å². The molecule has 5 nitrogen and oxygen atoms in total. The molecule has 21 heavy (non-hydrogen) atoms. The summed E-state index contributed by atoms with van der Waals surface area (Å²) < 4.78 is 0. The molecule has 0 aliphatic heterocycles. The Morgan fingerprint density at radius 3 is 2.71 bits per heavy atom. The molecule has 2 rings (SSSR count). The highest BCUT2D eigenvalue weighted by Crippen LogP contribution is 2.15. The fourth-order valence-electron chi connectivity index (χ4n) is 1.94. The molecular weight excluding hydrogens is 288 g/mol. The van der Waals surface area contributed by atoms with Gasteiger partial charge in [-0.1, -0.05) is 13.0 Å². The van der Waals surface area contributed by atoms with E-state index in [1.807, 2.05) is 0 Å². The number of thiophene rings is 1. The first-order valence-corrected chi connectivity index (χ1v) is 7.21. The smallest absolute Gasteiger partial charge is 0.266 e. The molecule has 0 unspecified atom stereocenters. The van der Waals surface area contributed by atoms with Gasteiger partial charge in [-0.3, -0.25) is 14.4 Å². The molecule has 0 radical (unpaired) electrons. The van der Waals surface area contributed by atoms with E-state index in [4.69, 9.17) is 5.26 Å². The van der Waals surface area contributed by atoms with Gasteiger partial charge in [0.1, 0.15) is 11.6 Å². The zero-order valence-electron chi connectivity index (χ0n) is 11.3. The number of carbonyl (C=O) groups is 2. The number of aryl methyl sites for hydroxylation is 1. The van der Waals surface area contributed by atoms with E-state index in [2.05, 4.69) is 4.98 Å². The fourth-order valence-corrected chi connectivity index (χ4v) is 2.61. The number of nitriles is 1. The number of pyridine rings is 1. The largest absolute Gasteiger partial charge is 0.324 e. The van der Waals surface area contributed by atoms with E-state index in [0.29, 0.717) is 17.0 Å². The number of ketones is 2. The standard InChI is InChI=1S/C15H12N2O3S/c1-2-11-10(6-9(8-16)15(20)17-11)12(18)7-13(19)14-4-3-5-21-14/h3-6H,2,7H2,1H3,(H,17,20). The minimum absolute atomic E-state index is 0.126. The van der Waals surface area contributed by atoms with Crippen LogP contribution in [-0.2, 0) is 6.42 Å². The maximum Gasteiger partial charge on any atom is 0.266 e. The van der Waals surface area contributed by atoms with Crippen LogP contribution in [0.2, 0.25) is 0 Å². The number of aromatic nitrogens is 1. The van der Waals surface area contributed by atoms with Gasteiger partial charge in [0.15, 0.2) is 11.6 Å². The van der Waals surface area contributed by atoms with Gasteiger partial charge in [0.05, 0.1) is 11.3 Å². The predicted molar refractivity (Wildman–Crippen MR) is 78.8 cm³/mol. The molecule has 6 heteroatoms. The van der Waals surface area contributed by atoms with E-state index in [1.54, 1.807) is 30.5 Å². The molecule has 0 fully saturated rings. The van der Waals surface area contributed by atoms with E-state index in [0.717, 1.165) is 0 Å². The Morgan fingerprint density at radius 2 is 2.14 bits per heavy atom. The lowest BCUT2D eigenvalue weighted by Gasteiger charge is -2.06. The van der Waals surface area contributed by atoms with E-state index in [9.17, 15) is 14.4 Å². The zero-order chi connectivity index (χ0) is 15.4. The van der Waals surface area contributed by atoms with Crippen molar-refractivity contribution in [1.29, 1.82) is 5.26 Å². The minimum Gasteiger partial charge on any atom is -0.324 e. The second kappa shape index (κ2) is 6.29. The van der Waals surface area contributed by atoms with Gasteiger partial charge >= 0.3 is 0 Å². The average Bonchev–Trinajstić information content (AvgIpc) is 3.00. The maximum absolute atomic E-state index is 12.3. The molecule has 0 aromatic carbocycles. The summed E-state index contributed by atoms with van der Waals surface area (Å²) in [5.74, 6) is -0.653. The highest BCUT2D eigenvalue weighted by molar-refractivity contribution is 7.12. The minimum atomic E-state index is -0.518. The SMILES string of the molecule is CCc1[nH]c(=O)c(C#N)cc1C(=O)CC(=O)c1cccs1. The average molecular weight is 300 g/mol. The topological polar surface area (TPSA) is 90.8 Å². The molecule has 0 amide bonds. The summed E-state index contributed by atoms with van der Waals surface area (Å²) in [5.41, 5.74) is 0.0381. The molecule has 0 saturated heterocycles. The van der Waals surface area contributed by atoms with Crippen molar-refractivity contribution in [3.05, 3.63) is 55.6 Å². The van der Waals surface area contributed by atoms with Crippen LogP contribution in [0.15, 0.2) is 28.4 Å². The van der Waals surface area contributed by atoms with Gasteiger partial charge in [0.2, 0.25) is 0 Å². The lowest BCUT2D eigenvalue weighted by molar-refractivity contribution is 0.0896. The third kappa shape index (κ3) is 3.15. The molecular formula is C15H12N2O3S. The first-order chi connectivity index (χ1) is 10.1. The van der Waals surface area contributed by atoms with E-state index in [1.165, 1.54) is 17.4 Å². The Labute approximate surface area is 124 Å². The van der Waals surface area contributed by atoms with Crippen LogP contribution >= 0.6 is 11.3 Å². The van der Waals surface area contributed by atoms with Gasteiger partial charge < -0.3 is 4.98 Å². The number of nitrogens with zero attached hydrogens (tertiary/aromatic N) is 1. The number of Topliss-reactive ketones (excluding diaryl/α,β-unsaturated/α-hetero) is 2. The number of aromatic amines is 1. The van der Waals surface area contributed by atoms with Gasteiger partial charge in [-0.15, -0.1) is 11.3 Å². The van der Waals surface area contributed by atoms with Crippen LogP contribution in [0.5, 0.6) is 0 Å². The summed E-state index contributed by atoms with van der Waals surface area (Å²) in [6, 6.07) is 6.41. The summed E-state index contributed by atoms with van der Waals surface area (Å²) in [5, 5.41) is 10.6. The molecule has 0 saturated carbocycles. The predicted octanol–water partition coefficient (Wildman–Crippen LogP) is 2.33. The second-order valence-electron chi connectivity index (χ2n) is 4.37. The Kier molecular flexibility index (Phi) is 4.45. The quantitative estimate of drug-likeness (QED) is 0.677. The first kappa shape index (κ1) is 14.9. The Morgan fingerprint density at radius 1 is 1.38 bits per heavy atom. The van der Waals surface area contributed by atoms with Gasteiger partial charge in [0.25, 0.3) is 5.56 Å². The monoisotopic (exact) mass is 300 g/mol. The van der Waals surface area contributed by atoms with Gasteiger partial charge in [0, 0.05) is 11.3 Å². The summed E-state index contributed by atoms with van der Waals surface area (Å²) in [6.07, 6.45) is 0.166. The molecule has 0 aliphatic rings. The van der Waals surface area contributed by atoms with Crippen molar-refractivity contribution in [2.45, 2.75) is 19.8 Å². The van der Waals surface area contributed by atoms with Crippen molar-refractivity contribution >= 4 is 22.9 Å². The van der Waals surface area contributed by atoms with E-state index in [-0.39, 0.29) is 23.3 Å². The normalized spacial score (nSPS) is 10.1. The number of nitrogens with one attached hydrogen (secondary N) is 1. The lowest BCUT2D eigenvalue weighted by atomic mass is 10.0. The van der Waals surface area contributed by atoms with Gasteiger partial charge in [-0.2, -0.15) is 5.26 Å². The highest BCUT2D eigenvalue weighted by atomic mass is 32.1. The van der Waals surface area contributed by atoms with Crippen molar-refractivity contribution in [2.75, 3.05) is 0 Å². The summed E-state index contributed by atoms with van der Waals surface area (Å²) >= 11 is 1.28. The van der Waals surface area contributed by atoms with Crippen molar-refractivity contribution in [2.24, 2.45) is 0 Å². The molecule has 2 aromatic heterocycles. The molecule has 2 heterocycles. The number of hydrogen-bond acceptors (Lipinski definition) is 5. The Bertz CT molecular complexity index is 782. The van der Waals surface area contributed by atoms with Crippen LogP contribution in [-0.4, -0.2) is 16.6 Å². The molecule has 0 aliphatic carbocycles.